The lowest BCUT2D eigenvalue weighted by Crippen LogP contribution is -2.43. The molecule has 0 bridgehead atoms. The van der Waals surface area contributed by atoms with E-state index in [4.69, 9.17) is 4.74 Å². The van der Waals surface area contributed by atoms with Gasteiger partial charge in [-0.15, -0.1) is 0 Å². The number of carbonyl (C=O) groups is 2. The molecule has 5 heteroatoms. The fraction of sp³-hybridized carbons (Fsp3) is 0.818. The minimum absolute atomic E-state index is 0.191. The van der Waals surface area contributed by atoms with Crippen LogP contribution in [-0.2, 0) is 14.3 Å². The molecular formula is C11H19NO4. The Morgan fingerprint density at radius 1 is 1.31 bits per heavy atom. The van der Waals surface area contributed by atoms with Crippen molar-refractivity contribution in [1.29, 1.82) is 0 Å². The Morgan fingerprint density at radius 3 is 2.50 bits per heavy atom. The van der Waals surface area contributed by atoms with Gasteiger partial charge in [0.2, 0.25) is 0 Å². The van der Waals surface area contributed by atoms with Gasteiger partial charge in [-0.1, -0.05) is 13.3 Å². The van der Waals surface area contributed by atoms with E-state index >= 15 is 0 Å². The average Bonchev–Trinajstić information content (AvgIpc) is 2.71. The molecule has 0 spiro atoms. The van der Waals surface area contributed by atoms with Crippen molar-refractivity contribution in [2.45, 2.75) is 32.2 Å². The second-order valence-corrected chi connectivity index (χ2v) is 3.97. The van der Waals surface area contributed by atoms with E-state index in [9.17, 15) is 9.59 Å². The fourth-order valence-electron chi connectivity index (χ4n) is 2.29. The smallest absolute Gasteiger partial charge is 0.410 e. The Hall–Kier alpha value is -1.26. The van der Waals surface area contributed by atoms with Crippen LogP contribution in [0.25, 0.3) is 0 Å². The van der Waals surface area contributed by atoms with Gasteiger partial charge in [0.05, 0.1) is 14.2 Å². The summed E-state index contributed by atoms with van der Waals surface area (Å²) in [6.45, 7) is 2.63. The van der Waals surface area contributed by atoms with Gasteiger partial charge in [0.25, 0.3) is 0 Å². The molecule has 1 amide bonds. The van der Waals surface area contributed by atoms with Crippen LogP contribution in [0.3, 0.4) is 0 Å². The summed E-state index contributed by atoms with van der Waals surface area (Å²) in [6.07, 6.45) is 2.30. The molecule has 1 heterocycles. The van der Waals surface area contributed by atoms with Crippen LogP contribution in [0.2, 0.25) is 0 Å². The van der Waals surface area contributed by atoms with Crippen molar-refractivity contribution in [2.75, 3.05) is 20.8 Å². The maximum atomic E-state index is 11.7. The second kappa shape index (κ2) is 5.72. The van der Waals surface area contributed by atoms with Gasteiger partial charge in [-0.3, -0.25) is 4.90 Å². The number of ether oxygens (including phenoxy) is 2. The summed E-state index contributed by atoms with van der Waals surface area (Å²) < 4.78 is 9.41. The van der Waals surface area contributed by atoms with E-state index in [2.05, 4.69) is 11.7 Å². The zero-order valence-corrected chi connectivity index (χ0v) is 10.1. The molecule has 0 radical (unpaired) electrons. The minimum atomic E-state index is -0.475. The number of esters is 1. The lowest BCUT2D eigenvalue weighted by atomic mass is 9.95. The highest BCUT2D eigenvalue weighted by Crippen LogP contribution is 2.29. The monoisotopic (exact) mass is 229 g/mol. The van der Waals surface area contributed by atoms with Gasteiger partial charge >= 0.3 is 12.1 Å². The Bertz CT molecular complexity index is 267. The van der Waals surface area contributed by atoms with Crippen molar-refractivity contribution >= 4 is 12.1 Å². The van der Waals surface area contributed by atoms with Gasteiger partial charge in [0.1, 0.15) is 6.04 Å². The normalized spacial score (nSPS) is 24.3. The van der Waals surface area contributed by atoms with E-state index < -0.39 is 12.1 Å². The van der Waals surface area contributed by atoms with Crippen molar-refractivity contribution in [1.82, 2.24) is 4.90 Å². The molecule has 1 saturated heterocycles. The van der Waals surface area contributed by atoms with Crippen molar-refractivity contribution in [2.24, 2.45) is 5.92 Å². The van der Waals surface area contributed by atoms with Crippen LogP contribution in [0.4, 0.5) is 4.79 Å². The number of hydrogen-bond donors (Lipinski definition) is 0. The molecule has 0 aromatic rings. The Morgan fingerprint density at radius 2 is 2.00 bits per heavy atom. The predicted octanol–water partition coefficient (Wildman–Crippen LogP) is 1.42. The number of methoxy groups -OCH3 is 2. The van der Waals surface area contributed by atoms with E-state index in [1.807, 2.05) is 0 Å². The number of rotatable bonds is 3. The summed E-state index contributed by atoms with van der Waals surface area (Å²) in [7, 11) is 2.67. The van der Waals surface area contributed by atoms with Gasteiger partial charge in [-0.2, -0.15) is 0 Å². The summed E-state index contributed by atoms with van der Waals surface area (Å²) in [5.41, 5.74) is 0. The average molecular weight is 229 g/mol. The summed E-state index contributed by atoms with van der Waals surface area (Å²) in [5, 5.41) is 0. The van der Waals surface area contributed by atoms with Gasteiger partial charge in [-0.05, 0) is 18.8 Å². The van der Waals surface area contributed by atoms with Crippen molar-refractivity contribution in [3.63, 3.8) is 0 Å². The predicted molar refractivity (Wildman–Crippen MR) is 57.9 cm³/mol. The SMILES string of the molecule is CCCC1CCN(C(=O)OC)C1C(=O)OC. The van der Waals surface area contributed by atoms with E-state index in [1.165, 1.54) is 19.1 Å². The molecular weight excluding hydrogens is 210 g/mol. The molecule has 1 aliphatic rings. The van der Waals surface area contributed by atoms with Crippen LogP contribution >= 0.6 is 0 Å². The van der Waals surface area contributed by atoms with E-state index in [-0.39, 0.29) is 11.9 Å². The number of likely N-dealkylation sites (tertiary alicyclic amines) is 1. The highest BCUT2D eigenvalue weighted by molar-refractivity contribution is 5.82. The highest BCUT2D eigenvalue weighted by Gasteiger charge is 2.42. The molecule has 2 atom stereocenters. The second-order valence-electron chi connectivity index (χ2n) is 3.97. The Balaban J connectivity index is 2.79. The maximum absolute atomic E-state index is 11.7. The van der Waals surface area contributed by atoms with E-state index in [0.717, 1.165) is 19.3 Å². The number of carbonyl (C=O) groups excluding carboxylic acids is 2. The molecule has 1 aliphatic heterocycles. The zero-order valence-electron chi connectivity index (χ0n) is 10.1. The molecule has 5 nitrogen and oxygen atoms in total. The lowest BCUT2D eigenvalue weighted by Gasteiger charge is -2.24. The maximum Gasteiger partial charge on any atom is 0.410 e. The molecule has 16 heavy (non-hydrogen) atoms. The third kappa shape index (κ3) is 2.46. The first-order valence-electron chi connectivity index (χ1n) is 5.58. The Kier molecular flexibility index (Phi) is 4.58. The molecule has 0 aromatic carbocycles. The summed E-state index contributed by atoms with van der Waals surface area (Å²) in [4.78, 5) is 24.6. The first kappa shape index (κ1) is 12.8. The van der Waals surface area contributed by atoms with Crippen molar-refractivity contribution < 1.29 is 19.1 Å². The Labute approximate surface area is 95.7 Å². The first-order chi connectivity index (χ1) is 7.65. The summed E-state index contributed by atoms with van der Waals surface area (Å²) in [5.74, 6) is -0.155. The van der Waals surface area contributed by atoms with E-state index in [0.29, 0.717) is 6.54 Å². The molecule has 92 valence electrons. The van der Waals surface area contributed by atoms with Crippen LogP contribution < -0.4 is 0 Å². The van der Waals surface area contributed by atoms with Gasteiger partial charge in [0, 0.05) is 6.54 Å². The molecule has 1 fully saturated rings. The number of hydrogen-bond acceptors (Lipinski definition) is 4. The van der Waals surface area contributed by atoms with Crippen LogP contribution in [0.1, 0.15) is 26.2 Å². The quantitative estimate of drug-likeness (QED) is 0.687. The number of nitrogens with zero attached hydrogens (tertiary/aromatic N) is 1. The molecule has 0 N–H and O–H groups in total. The minimum Gasteiger partial charge on any atom is -0.467 e. The largest absolute Gasteiger partial charge is 0.467 e. The molecule has 0 aromatic heterocycles. The molecule has 2 unspecified atom stereocenters. The van der Waals surface area contributed by atoms with Gasteiger partial charge in [-0.25, -0.2) is 9.59 Å². The number of amides is 1. The van der Waals surface area contributed by atoms with Crippen molar-refractivity contribution in [3.05, 3.63) is 0 Å². The first-order valence-corrected chi connectivity index (χ1v) is 5.58. The van der Waals surface area contributed by atoms with Crippen LogP contribution in [0.15, 0.2) is 0 Å². The van der Waals surface area contributed by atoms with Crippen LogP contribution in [-0.4, -0.2) is 43.8 Å². The van der Waals surface area contributed by atoms with Crippen molar-refractivity contribution in [3.8, 4) is 0 Å². The highest BCUT2D eigenvalue weighted by atomic mass is 16.5. The van der Waals surface area contributed by atoms with Gasteiger partial charge < -0.3 is 9.47 Å². The summed E-state index contributed by atoms with van der Waals surface area (Å²) >= 11 is 0. The topological polar surface area (TPSA) is 55.8 Å². The molecule has 0 saturated carbocycles. The third-order valence-electron chi connectivity index (χ3n) is 3.03. The standard InChI is InChI=1S/C11H19NO4/c1-4-5-8-6-7-12(11(14)16-3)9(8)10(13)15-2/h8-9H,4-7H2,1-3H3. The molecule has 0 aliphatic carbocycles. The zero-order chi connectivity index (χ0) is 12.1. The van der Waals surface area contributed by atoms with Crippen LogP contribution in [0, 0.1) is 5.92 Å². The fourth-order valence-corrected chi connectivity index (χ4v) is 2.29. The third-order valence-corrected chi connectivity index (χ3v) is 3.03. The molecule has 1 rings (SSSR count). The lowest BCUT2D eigenvalue weighted by molar-refractivity contribution is -0.146. The van der Waals surface area contributed by atoms with E-state index in [1.54, 1.807) is 0 Å². The summed E-state index contributed by atoms with van der Waals surface area (Å²) in [6, 6.07) is -0.475. The van der Waals surface area contributed by atoms with Gasteiger partial charge in [0.15, 0.2) is 0 Å². The van der Waals surface area contributed by atoms with Crippen LogP contribution in [0.5, 0.6) is 0 Å².